The van der Waals surface area contributed by atoms with Crippen molar-refractivity contribution in [2.45, 2.75) is 38.3 Å². The highest BCUT2D eigenvalue weighted by molar-refractivity contribution is 14.0. The number of hydrogen-bond donors (Lipinski definition) is 1. The lowest BCUT2D eigenvalue weighted by atomic mass is 9.83. The third kappa shape index (κ3) is 6.56. The lowest BCUT2D eigenvalue weighted by molar-refractivity contribution is 0.0373. The number of nitrogens with zero attached hydrogens (tertiary/aromatic N) is 4. The average Bonchev–Trinajstić information content (AvgIpc) is 2.78. The zero-order valence-electron chi connectivity index (χ0n) is 18.2. The fourth-order valence-electron chi connectivity index (χ4n) is 4.92. The molecule has 2 saturated heterocycles. The highest BCUT2D eigenvalue weighted by atomic mass is 127. The number of fused-ring (bicyclic) bond motifs is 1. The van der Waals surface area contributed by atoms with Crippen LogP contribution < -0.4 is 5.32 Å². The summed E-state index contributed by atoms with van der Waals surface area (Å²) in [5.74, 6) is 1.74. The molecule has 2 atom stereocenters. The van der Waals surface area contributed by atoms with Gasteiger partial charge in [-0.2, -0.15) is 0 Å². The first-order valence-corrected chi connectivity index (χ1v) is 11.4. The van der Waals surface area contributed by atoms with Gasteiger partial charge in [-0.1, -0.05) is 48.0 Å². The number of rotatable bonds is 5. The monoisotopic (exact) mass is 553 g/mol. The first-order valence-electron chi connectivity index (χ1n) is 11.1. The summed E-state index contributed by atoms with van der Waals surface area (Å²) in [7, 11) is 1.89. The van der Waals surface area contributed by atoms with Gasteiger partial charge in [0, 0.05) is 45.5 Å². The van der Waals surface area contributed by atoms with Crippen LogP contribution in [0.3, 0.4) is 0 Å². The molecule has 5 nitrogen and oxygen atoms in total. The molecule has 2 unspecified atom stereocenters. The fourth-order valence-corrected chi connectivity index (χ4v) is 5.03. The van der Waals surface area contributed by atoms with Gasteiger partial charge < -0.3 is 10.2 Å². The summed E-state index contributed by atoms with van der Waals surface area (Å²) in [5, 5.41) is 4.09. The molecule has 4 rings (SSSR count). The van der Waals surface area contributed by atoms with Crippen molar-refractivity contribution in [1.82, 2.24) is 20.1 Å². The molecular formula is C24H33ClIN5. The maximum absolute atomic E-state index is 5.88. The number of aliphatic imine (C=N–C) groups is 1. The molecule has 31 heavy (non-hydrogen) atoms. The first-order chi connectivity index (χ1) is 14.7. The number of guanidine groups is 1. The Morgan fingerprint density at radius 3 is 2.71 bits per heavy atom. The number of hydrogen-bond acceptors (Lipinski definition) is 3. The molecule has 168 valence electrons. The maximum atomic E-state index is 5.88. The zero-order valence-corrected chi connectivity index (χ0v) is 21.3. The van der Waals surface area contributed by atoms with E-state index in [0.717, 1.165) is 44.5 Å². The molecule has 0 bridgehead atoms. The Labute approximate surface area is 208 Å². The molecule has 0 radical (unpaired) electrons. The van der Waals surface area contributed by atoms with Gasteiger partial charge in [-0.05, 0) is 55.3 Å². The largest absolute Gasteiger partial charge is 0.356 e. The van der Waals surface area contributed by atoms with E-state index in [1.54, 1.807) is 0 Å². The minimum absolute atomic E-state index is 0. The van der Waals surface area contributed by atoms with Gasteiger partial charge in [0.15, 0.2) is 5.96 Å². The predicted molar refractivity (Wildman–Crippen MR) is 139 cm³/mol. The van der Waals surface area contributed by atoms with Crippen molar-refractivity contribution in [3.63, 3.8) is 0 Å². The molecule has 0 amide bonds. The summed E-state index contributed by atoms with van der Waals surface area (Å²) in [6, 6.07) is 15.5. The van der Waals surface area contributed by atoms with Crippen LogP contribution in [0.5, 0.6) is 0 Å². The van der Waals surface area contributed by atoms with Gasteiger partial charge in [0.05, 0.1) is 0 Å². The number of likely N-dealkylation sites (tertiary alicyclic amines) is 2. The van der Waals surface area contributed by atoms with Crippen LogP contribution in [0, 0.1) is 5.92 Å². The van der Waals surface area contributed by atoms with Crippen molar-refractivity contribution >= 4 is 41.5 Å². The van der Waals surface area contributed by atoms with Gasteiger partial charge in [-0.15, -0.1) is 24.0 Å². The number of pyridine rings is 1. The third-order valence-electron chi connectivity index (χ3n) is 6.41. The van der Waals surface area contributed by atoms with Crippen molar-refractivity contribution in [3.05, 3.63) is 64.9 Å². The van der Waals surface area contributed by atoms with Crippen LogP contribution in [-0.4, -0.2) is 60.0 Å². The Hall–Kier alpha value is -1.38. The van der Waals surface area contributed by atoms with Crippen molar-refractivity contribution < 1.29 is 0 Å². The van der Waals surface area contributed by atoms with Gasteiger partial charge in [0.25, 0.3) is 0 Å². The summed E-state index contributed by atoms with van der Waals surface area (Å²) in [6.07, 6.45) is 6.58. The molecule has 3 heterocycles. The molecule has 1 aromatic heterocycles. The van der Waals surface area contributed by atoms with Gasteiger partial charge in [-0.3, -0.25) is 9.89 Å². The van der Waals surface area contributed by atoms with Crippen molar-refractivity contribution in [1.29, 1.82) is 0 Å². The van der Waals surface area contributed by atoms with Crippen LogP contribution in [0.4, 0.5) is 0 Å². The van der Waals surface area contributed by atoms with E-state index in [1.807, 2.05) is 25.4 Å². The minimum atomic E-state index is 0. The zero-order chi connectivity index (χ0) is 20.8. The molecule has 0 spiro atoms. The molecule has 2 fully saturated rings. The van der Waals surface area contributed by atoms with Gasteiger partial charge in [-0.25, -0.2) is 4.98 Å². The summed E-state index contributed by atoms with van der Waals surface area (Å²) in [6.45, 7) is 5.30. The van der Waals surface area contributed by atoms with Crippen molar-refractivity contribution in [2.24, 2.45) is 10.9 Å². The summed E-state index contributed by atoms with van der Waals surface area (Å²) >= 11 is 5.88. The Morgan fingerprint density at radius 2 is 1.97 bits per heavy atom. The fraction of sp³-hybridized carbons (Fsp3) is 0.500. The topological polar surface area (TPSA) is 43.8 Å². The van der Waals surface area contributed by atoms with E-state index in [0.29, 0.717) is 11.2 Å². The second kappa shape index (κ2) is 12.0. The normalized spacial score (nSPS) is 21.9. The quantitative estimate of drug-likeness (QED) is 0.257. The number of piperidine rings is 2. The molecule has 7 heteroatoms. The standard InChI is InChI=1S/C24H32ClN5.HI/c1-26-24(27-13-11-19-9-10-23(25)28-16-19)30-15-12-22-21(18-30)8-5-14-29(22)17-20-6-3-2-4-7-20;/h2-4,6-7,9-10,16,21-22H,5,8,11-15,17-18H2,1H3,(H,26,27);1H. The number of aromatic nitrogens is 1. The van der Waals surface area contributed by atoms with E-state index >= 15 is 0 Å². The van der Waals surface area contributed by atoms with Gasteiger partial charge in [0.2, 0.25) is 0 Å². The Bertz CT molecular complexity index is 830. The van der Waals surface area contributed by atoms with Crippen LogP contribution in [0.2, 0.25) is 5.15 Å². The maximum Gasteiger partial charge on any atom is 0.193 e. The van der Waals surface area contributed by atoms with Crippen LogP contribution in [0.25, 0.3) is 0 Å². The minimum Gasteiger partial charge on any atom is -0.356 e. The lowest BCUT2D eigenvalue weighted by Gasteiger charge is -2.48. The molecule has 1 aromatic carbocycles. The summed E-state index contributed by atoms with van der Waals surface area (Å²) in [5.41, 5.74) is 2.61. The number of benzene rings is 1. The Morgan fingerprint density at radius 1 is 1.13 bits per heavy atom. The van der Waals surface area contributed by atoms with Gasteiger partial charge in [0.1, 0.15) is 5.15 Å². The first kappa shape index (κ1) is 24.3. The van der Waals surface area contributed by atoms with Gasteiger partial charge >= 0.3 is 0 Å². The van der Waals surface area contributed by atoms with Crippen LogP contribution in [0.15, 0.2) is 53.7 Å². The Kier molecular flexibility index (Phi) is 9.41. The van der Waals surface area contributed by atoms with E-state index in [4.69, 9.17) is 11.6 Å². The summed E-state index contributed by atoms with van der Waals surface area (Å²) < 4.78 is 0. The average molecular weight is 554 g/mol. The third-order valence-corrected chi connectivity index (χ3v) is 6.63. The summed E-state index contributed by atoms with van der Waals surface area (Å²) in [4.78, 5) is 13.9. The molecule has 1 N–H and O–H groups in total. The molecular weight excluding hydrogens is 521 g/mol. The van der Waals surface area contributed by atoms with E-state index in [2.05, 4.69) is 55.4 Å². The van der Waals surface area contributed by atoms with Crippen molar-refractivity contribution in [3.8, 4) is 0 Å². The van der Waals surface area contributed by atoms with Crippen molar-refractivity contribution in [2.75, 3.05) is 33.2 Å². The van der Waals surface area contributed by atoms with Crippen LogP contribution in [-0.2, 0) is 13.0 Å². The number of halogens is 2. The molecule has 2 aliphatic heterocycles. The van der Waals surface area contributed by atoms with E-state index in [-0.39, 0.29) is 24.0 Å². The predicted octanol–water partition coefficient (Wildman–Crippen LogP) is 4.46. The highest BCUT2D eigenvalue weighted by Crippen LogP contribution is 2.31. The molecule has 2 aromatic rings. The lowest BCUT2D eigenvalue weighted by Crippen LogP contribution is -2.56. The second-order valence-electron chi connectivity index (χ2n) is 8.37. The van der Waals surface area contributed by atoms with E-state index in [9.17, 15) is 0 Å². The highest BCUT2D eigenvalue weighted by Gasteiger charge is 2.36. The molecule has 0 aliphatic carbocycles. The SMILES string of the molecule is CN=C(NCCc1ccc(Cl)nc1)N1CCC2C(CCCN2Cc2ccccc2)C1.I. The van der Waals surface area contributed by atoms with E-state index in [1.165, 1.54) is 36.9 Å². The Balaban J connectivity index is 0.00000272. The molecule has 2 aliphatic rings. The smallest absolute Gasteiger partial charge is 0.193 e. The number of nitrogens with one attached hydrogen (secondary N) is 1. The van der Waals surface area contributed by atoms with E-state index < -0.39 is 0 Å². The van der Waals surface area contributed by atoms with Crippen LogP contribution in [0.1, 0.15) is 30.4 Å². The van der Waals surface area contributed by atoms with Crippen LogP contribution >= 0.6 is 35.6 Å². The second-order valence-corrected chi connectivity index (χ2v) is 8.76. The molecule has 0 saturated carbocycles.